The molecule has 0 aliphatic carbocycles. The van der Waals surface area contributed by atoms with E-state index in [-0.39, 0.29) is 17.2 Å². The molecule has 3 aromatic rings. The van der Waals surface area contributed by atoms with Crippen LogP contribution in [0, 0.1) is 17.1 Å². The fraction of sp³-hybridized carbons (Fsp3) is 0.0667. The predicted octanol–water partition coefficient (Wildman–Crippen LogP) is 2.55. The van der Waals surface area contributed by atoms with Crippen LogP contribution in [0.4, 0.5) is 10.2 Å². The number of halogens is 1. The van der Waals surface area contributed by atoms with E-state index in [0.717, 1.165) is 5.69 Å². The highest BCUT2D eigenvalue weighted by atomic mass is 32.2. The molecule has 0 radical (unpaired) electrons. The molecule has 23 heavy (non-hydrogen) atoms. The summed E-state index contributed by atoms with van der Waals surface area (Å²) in [6.45, 7) is 0. The summed E-state index contributed by atoms with van der Waals surface area (Å²) < 4.78 is 14.8. The zero-order valence-corrected chi connectivity index (χ0v) is 12.7. The van der Waals surface area contributed by atoms with E-state index >= 15 is 0 Å². The minimum absolute atomic E-state index is 0.162. The number of nitrogen functional groups attached to an aromatic ring is 1. The van der Waals surface area contributed by atoms with E-state index in [1.54, 1.807) is 23.0 Å². The minimum Gasteiger partial charge on any atom is -0.382 e. The van der Waals surface area contributed by atoms with Crippen molar-refractivity contribution in [3.8, 4) is 11.8 Å². The molecule has 0 spiro atoms. The van der Waals surface area contributed by atoms with Crippen molar-refractivity contribution in [1.29, 1.82) is 5.26 Å². The standard InChI is InChI=1S/C15H11FN6S/c16-11-2-1-3-13(6-11)22-5-4-12(21-22)9-23-15-19-8-10(7-17)14(18)20-15/h1-6,8H,9H2,(H2,18,19,20). The van der Waals surface area contributed by atoms with Crippen LogP contribution in [0.25, 0.3) is 5.69 Å². The quantitative estimate of drug-likeness (QED) is 0.585. The van der Waals surface area contributed by atoms with E-state index in [4.69, 9.17) is 11.0 Å². The maximum Gasteiger partial charge on any atom is 0.189 e. The number of rotatable bonds is 4. The number of hydrogen-bond acceptors (Lipinski definition) is 6. The molecule has 0 aliphatic rings. The second-order valence-corrected chi connectivity index (χ2v) is 5.53. The number of anilines is 1. The normalized spacial score (nSPS) is 10.4. The molecule has 114 valence electrons. The van der Waals surface area contributed by atoms with Gasteiger partial charge in [-0.05, 0) is 24.3 Å². The molecule has 0 bridgehead atoms. The molecule has 2 aromatic heterocycles. The average molecular weight is 326 g/mol. The smallest absolute Gasteiger partial charge is 0.189 e. The van der Waals surface area contributed by atoms with Crippen LogP contribution in [-0.2, 0) is 5.75 Å². The van der Waals surface area contributed by atoms with Gasteiger partial charge in [-0.25, -0.2) is 19.0 Å². The summed E-state index contributed by atoms with van der Waals surface area (Å²) in [7, 11) is 0. The third kappa shape index (κ3) is 3.46. The number of benzene rings is 1. The van der Waals surface area contributed by atoms with Gasteiger partial charge in [-0.1, -0.05) is 17.8 Å². The van der Waals surface area contributed by atoms with Crippen molar-refractivity contribution in [2.45, 2.75) is 10.9 Å². The van der Waals surface area contributed by atoms with Crippen LogP contribution in [-0.4, -0.2) is 19.7 Å². The Morgan fingerprint density at radius 3 is 2.96 bits per heavy atom. The molecule has 0 atom stereocenters. The first-order valence-corrected chi connectivity index (χ1v) is 7.60. The second-order valence-electron chi connectivity index (χ2n) is 4.58. The van der Waals surface area contributed by atoms with Crippen molar-refractivity contribution < 1.29 is 4.39 Å². The van der Waals surface area contributed by atoms with E-state index in [2.05, 4.69) is 15.1 Å². The van der Waals surface area contributed by atoms with Gasteiger partial charge in [-0.15, -0.1) is 0 Å². The Kier molecular flexibility index (Phi) is 4.21. The second kappa shape index (κ2) is 6.46. The molecule has 0 aliphatic heterocycles. The lowest BCUT2D eigenvalue weighted by Gasteiger charge is -2.02. The Balaban J connectivity index is 1.70. The van der Waals surface area contributed by atoms with Crippen LogP contribution >= 0.6 is 11.8 Å². The van der Waals surface area contributed by atoms with Crippen molar-refractivity contribution in [3.05, 3.63) is 59.8 Å². The molecule has 0 unspecified atom stereocenters. The number of nitrogens with two attached hydrogens (primary N) is 1. The molecule has 8 heteroatoms. The molecule has 2 heterocycles. The van der Waals surface area contributed by atoms with Gasteiger partial charge in [0.1, 0.15) is 23.3 Å². The van der Waals surface area contributed by atoms with E-state index in [9.17, 15) is 4.39 Å². The summed E-state index contributed by atoms with van der Waals surface area (Å²) in [5.74, 6) is 0.388. The van der Waals surface area contributed by atoms with Crippen LogP contribution in [0.15, 0.2) is 47.9 Å². The van der Waals surface area contributed by atoms with Crippen LogP contribution in [0.5, 0.6) is 0 Å². The molecular weight excluding hydrogens is 315 g/mol. The van der Waals surface area contributed by atoms with Crippen molar-refractivity contribution in [3.63, 3.8) is 0 Å². The third-order valence-corrected chi connectivity index (χ3v) is 3.88. The summed E-state index contributed by atoms with van der Waals surface area (Å²) in [5.41, 5.74) is 7.36. The number of hydrogen-bond donors (Lipinski definition) is 1. The van der Waals surface area contributed by atoms with Crippen LogP contribution in [0.1, 0.15) is 11.3 Å². The maximum atomic E-state index is 13.2. The first kappa shape index (κ1) is 15.0. The van der Waals surface area contributed by atoms with E-state index < -0.39 is 0 Å². The van der Waals surface area contributed by atoms with Crippen molar-refractivity contribution in [2.75, 3.05) is 5.73 Å². The van der Waals surface area contributed by atoms with E-state index in [0.29, 0.717) is 16.6 Å². The lowest BCUT2D eigenvalue weighted by molar-refractivity contribution is 0.625. The van der Waals surface area contributed by atoms with E-state index in [1.165, 1.54) is 30.1 Å². The average Bonchev–Trinajstić information content (AvgIpc) is 3.02. The van der Waals surface area contributed by atoms with Gasteiger partial charge >= 0.3 is 0 Å². The molecular formula is C15H11FN6S. The largest absolute Gasteiger partial charge is 0.382 e. The zero-order valence-electron chi connectivity index (χ0n) is 11.8. The summed E-state index contributed by atoms with van der Waals surface area (Å²) >= 11 is 1.36. The molecule has 0 amide bonds. The fourth-order valence-corrected chi connectivity index (χ4v) is 2.59. The van der Waals surface area contributed by atoms with Gasteiger partial charge in [0, 0.05) is 11.9 Å². The molecule has 1 aromatic carbocycles. The number of thioether (sulfide) groups is 1. The van der Waals surface area contributed by atoms with Gasteiger partial charge in [-0.2, -0.15) is 10.4 Å². The SMILES string of the molecule is N#Cc1cnc(SCc2ccn(-c3cccc(F)c3)n2)nc1N. The van der Waals surface area contributed by atoms with Gasteiger partial charge in [-0.3, -0.25) is 0 Å². The van der Waals surface area contributed by atoms with Gasteiger partial charge in [0.2, 0.25) is 0 Å². The summed E-state index contributed by atoms with van der Waals surface area (Å²) in [5, 5.41) is 13.6. The molecule has 0 saturated carbocycles. The van der Waals surface area contributed by atoms with Crippen molar-refractivity contribution in [2.24, 2.45) is 0 Å². The first-order chi connectivity index (χ1) is 11.2. The van der Waals surface area contributed by atoms with Crippen LogP contribution in [0.2, 0.25) is 0 Å². The third-order valence-electron chi connectivity index (χ3n) is 2.98. The summed E-state index contributed by atoms with van der Waals surface area (Å²) in [6.07, 6.45) is 3.16. The van der Waals surface area contributed by atoms with Gasteiger partial charge in [0.15, 0.2) is 5.16 Å². The monoisotopic (exact) mass is 326 g/mol. The molecule has 0 fully saturated rings. The molecule has 0 saturated heterocycles. The lowest BCUT2D eigenvalue weighted by Crippen LogP contribution is -1.99. The topological polar surface area (TPSA) is 93.4 Å². The Hall–Kier alpha value is -2.92. The Labute approximate surface area is 135 Å². The Bertz CT molecular complexity index is 886. The van der Waals surface area contributed by atoms with Crippen LogP contribution < -0.4 is 5.73 Å². The number of nitriles is 1. The van der Waals surface area contributed by atoms with Gasteiger partial charge in [0.25, 0.3) is 0 Å². The number of nitrogens with zero attached hydrogens (tertiary/aromatic N) is 5. The van der Waals surface area contributed by atoms with Gasteiger partial charge in [0.05, 0.1) is 17.6 Å². The fourth-order valence-electron chi connectivity index (χ4n) is 1.87. The zero-order chi connectivity index (χ0) is 16.2. The lowest BCUT2D eigenvalue weighted by atomic mass is 10.3. The first-order valence-electron chi connectivity index (χ1n) is 6.61. The molecule has 6 nitrogen and oxygen atoms in total. The minimum atomic E-state index is -0.310. The van der Waals surface area contributed by atoms with Crippen LogP contribution in [0.3, 0.4) is 0 Å². The highest BCUT2D eigenvalue weighted by molar-refractivity contribution is 7.98. The molecule has 3 rings (SSSR count). The Morgan fingerprint density at radius 1 is 1.35 bits per heavy atom. The summed E-state index contributed by atoms with van der Waals surface area (Å²) in [4.78, 5) is 8.13. The highest BCUT2D eigenvalue weighted by Crippen LogP contribution is 2.20. The van der Waals surface area contributed by atoms with E-state index in [1.807, 2.05) is 12.1 Å². The molecule has 2 N–H and O–H groups in total. The van der Waals surface area contributed by atoms with Gasteiger partial charge < -0.3 is 5.73 Å². The number of aromatic nitrogens is 4. The van der Waals surface area contributed by atoms with Crippen molar-refractivity contribution in [1.82, 2.24) is 19.7 Å². The predicted molar refractivity (Wildman–Crippen MR) is 84.2 cm³/mol. The maximum absolute atomic E-state index is 13.2. The highest BCUT2D eigenvalue weighted by Gasteiger charge is 2.07. The summed E-state index contributed by atoms with van der Waals surface area (Å²) in [6, 6.07) is 9.96. The van der Waals surface area contributed by atoms with Crippen molar-refractivity contribution >= 4 is 17.6 Å². The Morgan fingerprint density at radius 2 is 2.22 bits per heavy atom.